The first kappa shape index (κ1) is 20.4. The van der Waals surface area contributed by atoms with E-state index in [2.05, 4.69) is 10.6 Å². The molecule has 0 saturated carbocycles. The van der Waals surface area contributed by atoms with Crippen molar-refractivity contribution in [1.82, 2.24) is 5.32 Å². The van der Waals surface area contributed by atoms with Crippen molar-refractivity contribution in [3.63, 3.8) is 0 Å². The van der Waals surface area contributed by atoms with Gasteiger partial charge in [-0.2, -0.15) is 0 Å². The van der Waals surface area contributed by atoms with Gasteiger partial charge in [0.2, 0.25) is 5.91 Å². The summed E-state index contributed by atoms with van der Waals surface area (Å²) in [7, 11) is 0. The van der Waals surface area contributed by atoms with Gasteiger partial charge in [-0.15, -0.1) is 0 Å². The van der Waals surface area contributed by atoms with Crippen LogP contribution in [-0.4, -0.2) is 29.1 Å². The Labute approximate surface area is 155 Å². The van der Waals surface area contributed by atoms with Gasteiger partial charge in [0, 0.05) is 18.5 Å². The average Bonchev–Trinajstić information content (AvgIpc) is 2.59. The number of aliphatic hydroxyl groups is 1. The van der Waals surface area contributed by atoms with E-state index in [1.165, 1.54) is 0 Å². The van der Waals surface area contributed by atoms with E-state index in [1.54, 1.807) is 26.0 Å². The van der Waals surface area contributed by atoms with E-state index in [0.29, 0.717) is 24.3 Å². The summed E-state index contributed by atoms with van der Waals surface area (Å²) >= 11 is 0. The molecule has 26 heavy (non-hydrogen) atoms. The summed E-state index contributed by atoms with van der Waals surface area (Å²) in [4.78, 5) is 23.9. The lowest BCUT2D eigenvalue weighted by atomic mass is 9.90. The number of hydrogen-bond acceptors (Lipinski definition) is 5. The molecule has 144 valence electrons. The molecule has 1 heterocycles. The Morgan fingerprint density at radius 1 is 1.27 bits per heavy atom. The summed E-state index contributed by atoms with van der Waals surface area (Å²) in [5.41, 5.74) is 2.12. The van der Waals surface area contributed by atoms with Crippen LogP contribution in [0.3, 0.4) is 0 Å². The van der Waals surface area contributed by atoms with Gasteiger partial charge in [0.15, 0.2) is 5.75 Å². The van der Waals surface area contributed by atoms with Crippen LogP contribution < -0.4 is 15.4 Å². The van der Waals surface area contributed by atoms with Crippen molar-refractivity contribution < 1.29 is 19.4 Å². The quantitative estimate of drug-likeness (QED) is 0.513. The van der Waals surface area contributed by atoms with Gasteiger partial charge in [0.25, 0.3) is 0 Å². The van der Waals surface area contributed by atoms with E-state index in [9.17, 15) is 14.7 Å². The minimum atomic E-state index is -0.707. The smallest absolute Gasteiger partial charge is 0.313 e. The van der Waals surface area contributed by atoms with Gasteiger partial charge in [0.1, 0.15) is 0 Å². The first-order valence-electron chi connectivity index (χ1n) is 9.36. The lowest BCUT2D eigenvalue weighted by Crippen LogP contribution is -2.39. The second-order valence-electron chi connectivity index (χ2n) is 7.41. The highest BCUT2D eigenvalue weighted by Crippen LogP contribution is 2.38. The fraction of sp³-hybridized carbons (Fsp3) is 0.600. The van der Waals surface area contributed by atoms with Crippen LogP contribution in [0.15, 0.2) is 12.1 Å². The summed E-state index contributed by atoms with van der Waals surface area (Å²) < 4.78 is 5.46. The number of aliphatic hydroxyl groups excluding tert-OH is 1. The first-order valence-corrected chi connectivity index (χ1v) is 9.36. The lowest BCUT2D eigenvalue weighted by molar-refractivity contribution is -0.137. The zero-order chi connectivity index (χ0) is 19.4. The van der Waals surface area contributed by atoms with E-state index >= 15 is 0 Å². The minimum absolute atomic E-state index is 0.0965. The molecule has 1 aromatic carbocycles. The van der Waals surface area contributed by atoms with Crippen molar-refractivity contribution in [3.05, 3.63) is 23.3 Å². The largest absolute Gasteiger partial charge is 0.424 e. The van der Waals surface area contributed by atoms with Crippen LogP contribution in [0.2, 0.25) is 0 Å². The monoisotopic (exact) mass is 362 g/mol. The maximum Gasteiger partial charge on any atom is 0.313 e. The SMILES string of the molecule is CCC(NC(C)C)C(O)c1ccc(OC(=O)C(C)C)c2c1CCC(=O)N2. The number of carbonyl (C=O) groups excluding carboxylic acids is 2. The Morgan fingerprint density at radius 2 is 1.96 bits per heavy atom. The molecule has 3 N–H and O–H groups in total. The maximum absolute atomic E-state index is 12.0. The van der Waals surface area contributed by atoms with Crippen molar-refractivity contribution in [3.8, 4) is 5.75 Å². The van der Waals surface area contributed by atoms with Crippen molar-refractivity contribution >= 4 is 17.6 Å². The highest BCUT2D eigenvalue weighted by atomic mass is 16.5. The molecular weight excluding hydrogens is 332 g/mol. The van der Waals surface area contributed by atoms with E-state index in [-0.39, 0.29) is 29.9 Å². The third-order valence-electron chi connectivity index (χ3n) is 4.55. The number of hydrogen-bond donors (Lipinski definition) is 3. The van der Waals surface area contributed by atoms with Crippen LogP contribution in [0, 0.1) is 5.92 Å². The third kappa shape index (κ3) is 4.62. The van der Waals surface area contributed by atoms with Gasteiger partial charge in [-0.25, -0.2) is 0 Å². The normalized spacial score (nSPS) is 16.2. The third-order valence-corrected chi connectivity index (χ3v) is 4.55. The number of ether oxygens (including phenoxy) is 1. The second-order valence-corrected chi connectivity index (χ2v) is 7.41. The molecule has 0 aliphatic carbocycles. The highest BCUT2D eigenvalue weighted by Gasteiger charge is 2.29. The number of fused-ring (bicyclic) bond motifs is 1. The molecule has 0 bridgehead atoms. The molecule has 0 spiro atoms. The zero-order valence-electron chi connectivity index (χ0n) is 16.3. The Hall–Kier alpha value is -1.92. The van der Waals surface area contributed by atoms with E-state index in [0.717, 1.165) is 17.5 Å². The average molecular weight is 362 g/mol. The predicted octanol–water partition coefficient (Wildman–Crippen LogP) is 2.94. The van der Waals surface area contributed by atoms with E-state index < -0.39 is 6.10 Å². The molecule has 1 aliphatic heterocycles. The fourth-order valence-electron chi connectivity index (χ4n) is 3.15. The van der Waals surface area contributed by atoms with Crippen LogP contribution in [0.25, 0.3) is 0 Å². The number of carbonyl (C=O) groups is 2. The number of benzene rings is 1. The molecule has 2 unspecified atom stereocenters. The van der Waals surface area contributed by atoms with Crippen LogP contribution in [0.5, 0.6) is 5.75 Å². The molecule has 0 radical (unpaired) electrons. The van der Waals surface area contributed by atoms with Crippen molar-refractivity contribution in [2.24, 2.45) is 5.92 Å². The number of rotatable bonds is 7. The predicted molar refractivity (Wildman–Crippen MR) is 101 cm³/mol. The summed E-state index contributed by atoms with van der Waals surface area (Å²) in [6.45, 7) is 9.62. The van der Waals surface area contributed by atoms with Gasteiger partial charge in [-0.3, -0.25) is 9.59 Å². The van der Waals surface area contributed by atoms with E-state index in [1.807, 2.05) is 20.8 Å². The van der Waals surface area contributed by atoms with Gasteiger partial charge in [-0.05, 0) is 30.0 Å². The Kier molecular flexibility index (Phi) is 6.78. The number of esters is 1. The van der Waals surface area contributed by atoms with Crippen molar-refractivity contribution in [2.75, 3.05) is 5.32 Å². The maximum atomic E-state index is 12.0. The molecule has 1 amide bonds. The Morgan fingerprint density at radius 3 is 2.54 bits per heavy atom. The van der Waals surface area contributed by atoms with Gasteiger partial charge in [0.05, 0.1) is 17.7 Å². The molecular formula is C20H30N2O4. The minimum Gasteiger partial charge on any atom is -0.424 e. The second kappa shape index (κ2) is 8.64. The summed E-state index contributed by atoms with van der Waals surface area (Å²) in [5, 5.41) is 17.1. The Bertz CT molecular complexity index is 670. The zero-order valence-corrected chi connectivity index (χ0v) is 16.3. The standard InChI is InChI=1S/C20H30N2O4/c1-6-15(21-12(4)5)19(24)14-7-9-16(26-20(25)11(2)3)18-13(14)8-10-17(23)22-18/h7,9,11-12,15,19,21,24H,6,8,10H2,1-5H3,(H,22,23). The molecule has 0 fully saturated rings. The van der Waals surface area contributed by atoms with Crippen LogP contribution in [0.4, 0.5) is 5.69 Å². The van der Waals surface area contributed by atoms with Gasteiger partial charge < -0.3 is 20.5 Å². The molecule has 6 nitrogen and oxygen atoms in total. The number of amides is 1. The van der Waals surface area contributed by atoms with Crippen LogP contribution in [0.1, 0.15) is 64.7 Å². The van der Waals surface area contributed by atoms with Crippen LogP contribution in [-0.2, 0) is 16.0 Å². The van der Waals surface area contributed by atoms with Crippen molar-refractivity contribution in [1.29, 1.82) is 0 Å². The molecule has 2 rings (SSSR count). The summed E-state index contributed by atoms with van der Waals surface area (Å²) in [6.07, 6.45) is 0.924. The molecule has 0 aromatic heterocycles. The van der Waals surface area contributed by atoms with Gasteiger partial charge in [-0.1, -0.05) is 40.7 Å². The molecule has 2 atom stereocenters. The molecule has 6 heteroatoms. The number of anilines is 1. The lowest BCUT2D eigenvalue weighted by Gasteiger charge is -2.30. The first-order chi connectivity index (χ1) is 12.2. The van der Waals surface area contributed by atoms with Gasteiger partial charge >= 0.3 is 5.97 Å². The van der Waals surface area contributed by atoms with E-state index in [4.69, 9.17) is 4.74 Å². The molecule has 0 saturated heterocycles. The fourth-order valence-corrected chi connectivity index (χ4v) is 3.15. The topological polar surface area (TPSA) is 87.7 Å². The number of nitrogens with one attached hydrogen (secondary N) is 2. The molecule has 1 aromatic rings. The highest BCUT2D eigenvalue weighted by molar-refractivity contribution is 5.96. The molecule has 1 aliphatic rings. The summed E-state index contributed by atoms with van der Waals surface area (Å²) in [5.74, 6) is -0.394. The van der Waals surface area contributed by atoms with Crippen LogP contribution >= 0.6 is 0 Å². The summed E-state index contributed by atoms with van der Waals surface area (Å²) in [6, 6.07) is 3.61. The van der Waals surface area contributed by atoms with Crippen molar-refractivity contribution in [2.45, 2.75) is 72.1 Å². The Balaban J connectivity index is 2.41.